The van der Waals surface area contributed by atoms with Gasteiger partial charge in [0.25, 0.3) is 0 Å². The predicted octanol–water partition coefficient (Wildman–Crippen LogP) is 2.69. The molecule has 0 saturated carbocycles. The molecule has 1 aromatic rings. The number of rotatable bonds is 10. The zero-order valence-electron chi connectivity index (χ0n) is 19.5. The minimum atomic E-state index is -1.23. The lowest BCUT2D eigenvalue weighted by Gasteiger charge is -2.33. The SMILES string of the molecule is CCCCNC(=O)C(c1ccc(C)cc1)N(CC)C(=O)C(CO)NC(=O)OC(C)(C)C. The maximum atomic E-state index is 13.2. The highest BCUT2D eigenvalue weighted by atomic mass is 16.6. The summed E-state index contributed by atoms with van der Waals surface area (Å²) in [5.41, 5.74) is 0.938. The van der Waals surface area contributed by atoms with E-state index in [1.165, 1.54) is 4.90 Å². The van der Waals surface area contributed by atoms with Crippen LogP contribution in [0.4, 0.5) is 4.79 Å². The van der Waals surface area contributed by atoms with Gasteiger partial charge in [-0.2, -0.15) is 0 Å². The Morgan fingerprint density at radius 1 is 1.13 bits per heavy atom. The molecule has 1 rings (SSSR count). The van der Waals surface area contributed by atoms with Crippen LogP contribution >= 0.6 is 0 Å². The van der Waals surface area contributed by atoms with Crippen LogP contribution in [-0.4, -0.2) is 59.3 Å². The molecule has 0 saturated heterocycles. The molecule has 3 amide bonds. The lowest BCUT2D eigenvalue weighted by molar-refractivity contribution is -0.143. The van der Waals surface area contributed by atoms with Crippen LogP contribution in [0.1, 0.15) is 64.6 Å². The third kappa shape index (κ3) is 8.57. The zero-order chi connectivity index (χ0) is 23.6. The molecule has 1 aromatic carbocycles. The molecule has 0 aliphatic heterocycles. The van der Waals surface area contributed by atoms with Gasteiger partial charge in [0.1, 0.15) is 17.7 Å². The number of amides is 3. The number of carbonyl (C=O) groups is 3. The van der Waals surface area contributed by atoms with Crippen molar-refractivity contribution >= 4 is 17.9 Å². The number of nitrogens with zero attached hydrogens (tertiary/aromatic N) is 1. The summed E-state index contributed by atoms with van der Waals surface area (Å²) in [6, 6.07) is 5.26. The average Bonchev–Trinajstić information content (AvgIpc) is 2.69. The highest BCUT2D eigenvalue weighted by molar-refractivity contribution is 5.92. The fourth-order valence-electron chi connectivity index (χ4n) is 3.01. The molecule has 0 aliphatic rings. The van der Waals surface area contributed by atoms with Crippen molar-refractivity contribution < 1.29 is 24.2 Å². The normalized spacial score (nSPS) is 13.1. The van der Waals surface area contributed by atoms with Gasteiger partial charge in [-0.05, 0) is 46.6 Å². The van der Waals surface area contributed by atoms with Crippen molar-refractivity contribution in [2.24, 2.45) is 0 Å². The third-order valence-electron chi connectivity index (χ3n) is 4.58. The number of aryl methyl sites for hydroxylation is 1. The van der Waals surface area contributed by atoms with Gasteiger partial charge in [0.05, 0.1) is 6.61 Å². The van der Waals surface area contributed by atoms with Crippen LogP contribution in [0.5, 0.6) is 0 Å². The number of likely N-dealkylation sites (N-methyl/N-ethyl adjacent to an activating group) is 1. The topological polar surface area (TPSA) is 108 Å². The highest BCUT2D eigenvalue weighted by Gasteiger charge is 2.35. The second-order valence-electron chi connectivity index (χ2n) is 8.46. The monoisotopic (exact) mass is 435 g/mol. The maximum Gasteiger partial charge on any atom is 0.408 e. The van der Waals surface area contributed by atoms with Crippen molar-refractivity contribution in [2.45, 2.75) is 72.1 Å². The molecular formula is C23H37N3O5. The van der Waals surface area contributed by atoms with Crippen LogP contribution in [0.2, 0.25) is 0 Å². The molecule has 0 heterocycles. The molecule has 3 N–H and O–H groups in total. The van der Waals surface area contributed by atoms with E-state index in [-0.39, 0.29) is 12.5 Å². The van der Waals surface area contributed by atoms with Gasteiger partial charge in [-0.15, -0.1) is 0 Å². The Labute approximate surface area is 185 Å². The van der Waals surface area contributed by atoms with Gasteiger partial charge >= 0.3 is 6.09 Å². The summed E-state index contributed by atoms with van der Waals surface area (Å²) in [7, 11) is 0. The van der Waals surface area contributed by atoms with E-state index in [4.69, 9.17) is 4.74 Å². The van der Waals surface area contributed by atoms with Crippen molar-refractivity contribution in [2.75, 3.05) is 19.7 Å². The Morgan fingerprint density at radius 3 is 2.23 bits per heavy atom. The van der Waals surface area contributed by atoms with E-state index in [0.29, 0.717) is 12.1 Å². The first kappa shape index (κ1) is 26.4. The van der Waals surface area contributed by atoms with Crippen molar-refractivity contribution in [3.8, 4) is 0 Å². The molecule has 0 fully saturated rings. The van der Waals surface area contributed by atoms with E-state index < -0.39 is 36.3 Å². The molecule has 0 aromatic heterocycles. The van der Waals surface area contributed by atoms with Gasteiger partial charge in [0, 0.05) is 13.1 Å². The van der Waals surface area contributed by atoms with Crippen molar-refractivity contribution in [1.82, 2.24) is 15.5 Å². The molecule has 0 radical (unpaired) electrons. The smallest absolute Gasteiger partial charge is 0.408 e. The fraction of sp³-hybridized carbons (Fsp3) is 0.609. The summed E-state index contributed by atoms with van der Waals surface area (Å²) in [6.07, 6.45) is 0.944. The number of hydrogen-bond acceptors (Lipinski definition) is 5. The lowest BCUT2D eigenvalue weighted by Crippen LogP contribution is -2.54. The lowest BCUT2D eigenvalue weighted by atomic mass is 10.0. The van der Waals surface area contributed by atoms with Crippen molar-refractivity contribution in [3.63, 3.8) is 0 Å². The standard InChI is InChI=1S/C23H37N3O5/c1-7-9-14-24-20(28)19(17-12-10-16(3)11-13-17)26(8-2)21(29)18(15-27)25-22(30)31-23(4,5)6/h10-13,18-19,27H,7-9,14-15H2,1-6H3,(H,24,28)(H,25,30). The number of unbranched alkanes of at least 4 members (excludes halogenated alkanes) is 1. The quantitative estimate of drug-likeness (QED) is 0.490. The first-order valence-corrected chi connectivity index (χ1v) is 10.8. The number of nitrogens with one attached hydrogen (secondary N) is 2. The Kier molecular flexibility index (Phi) is 10.5. The number of carbonyl (C=O) groups excluding carboxylic acids is 3. The molecule has 0 bridgehead atoms. The van der Waals surface area contributed by atoms with E-state index in [1.807, 2.05) is 38.1 Å². The minimum absolute atomic E-state index is 0.213. The summed E-state index contributed by atoms with van der Waals surface area (Å²) in [5, 5.41) is 15.1. The fourth-order valence-corrected chi connectivity index (χ4v) is 3.01. The third-order valence-corrected chi connectivity index (χ3v) is 4.58. The van der Waals surface area contributed by atoms with Gasteiger partial charge in [0.2, 0.25) is 11.8 Å². The molecule has 174 valence electrons. The number of hydrogen-bond donors (Lipinski definition) is 3. The van der Waals surface area contributed by atoms with E-state index in [1.54, 1.807) is 27.7 Å². The summed E-state index contributed by atoms with van der Waals surface area (Å²) in [4.78, 5) is 39.8. The molecule has 0 spiro atoms. The number of alkyl carbamates (subject to hydrolysis) is 1. The first-order chi connectivity index (χ1) is 14.5. The molecule has 8 heteroatoms. The van der Waals surface area contributed by atoms with Crippen LogP contribution in [-0.2, 0) is 14.3 Å². The summed E-state index contributed by atoms with van der Waals surface area (Å²) in [5.74, 6) is -0.867. The van der Waals surface area contributed by atoms with Crippen molar-refractivity contribution in [3.05, 3.63) is 35.4 Å². The highest BCUT2D eigenvalue weighted by Crippen LogP contribution is 2.23. The maximum absolute atomic E-state index is 13.2. The van der Waals surface area contributed by atoms with E-state index >= 15 is 0 Å². The molecular weight excluding hydrogens is 398 g/mol. The Balaban J connectivity index is 3.16. The predicted molar refractivity (Wildman–Crippen MR) is 119 cm³/mol. The minimum Gasteiger partial charge on any atom is -0.444 e. The molecule has 31 heavy (non-hydrogen) atoms. The summed E-state index contributed by atoms with van der Waals surface area (Å²) < 4.78 is 5.19. The van der Waals surface area contributed by atoms with E-state index in [9.17, 15) is 19.5 Å². The molecule has 8 nitrogen and oxygen atoms in total. The van der Waals surface area contributed by atoms with Gasteiger partial charge < -0.3 is 25.4 Å². The Bertz CT molecular complexity index is 728. The van der Waals surface area contributed by atoms with Gasteiger partial charge in [0.15, 0.2) is 0 Å². The summed E-state index contributed by atoms with van der Waals surface area (Å²) in [6.45, 7) is 10.9. The Hall–Kier alpha value is -2.61. The van der Waals surface area contributed by atoms with Crippen LogP contribution in [0.3, 0.4) is 0 Å². The molecule has 0 aliphatic carbocycles. The summed E-state index contributed by atoms with van der Waals surface area (Å²) >= 11 is 0. The van der Waals surface area contributed by atoms with Gasteiger partial charge in [-0.3, -0.25) is 9.59 Å². The zero-order valence-corrected chi connectivity index (χ0v) is 19.5. The second-order valence-corrected chi connectivity index (χ2v) is 8.46. The van der Waals surface area contributed by atoms with Gasteiger partial charge in [-0.25, -0.2) is 4.79 Å². The van der Waals surface area contributed by atoms with E-state index in [2.05, 4.69) is 10.6 Å². The van der Waals surface area contributed by atoms with Crippen LogP contribution in [0, 0.1) is 6.92 Å². The van der Waals surface area contributed by atoms with E-state index in [0.717, 1.165) is 18.4 Å². The second kappa shape index (κ2) is 12.3. The van der Waals surface area contributed by atoms with Crippen LogP contribution in [0.25, 0.3) is 0 Å². The first-order valence-electron chi connectivity index (χ1n) is 10.8. The number of benzene rings is 1. The number of aliphatic hydroxyl groups is 1. The van der Waals surface area contributed by atoms with Crippen LogP contribution in [0.15, 0.2) is 24.3 Å². The van der Waals surface area contributed by atoms with Crippen molar-refractivity contribution in [1.29, 1.82) is 0 Å². The molecule has 2 unspecified atom stereocenters. The number of aliphatic hydroxyl groups excluding tert-OH is 1. The largest absolute Gasteiger partial charge is 0.444 e. The Morgan fingerprint density at radius 2 is 1.74 bits per heavy atom. The average molecular weight is 436 g/mol. The van der Waals surface area contributed by atoms with Gasteiger partial charge in [-0.1, -0.05) is 43.2 Å². The van der Waals surface area contributed by atoms with Crippen LogP contribution < -0.4 is 10.6 Å². The molecule has 2 atom stereocenters. The number of ether oxygens (including phenoxy) is 1.